The molecule has 3 N–H and O–H groups in total. The topological polar surface area (TPSA) is 81.8 Å². The molecule has 1 aromatic carbocycles. The van der Waals surface area contributed by atoms with Crippen molar-refractivity contribution in [3.63, 3.8) is 0 Å². The molecule has 1 aliphatic rings. The molecule has 0 aromatic heterocycles. The van der Waals surface area contributed by atoms with Crippen LogP contribution in [0, 0.1) is 5.41 Å². The number of hydrogen-bond acceptors (Lipinski definition) is 4. The second-order valence-corrected chi connectivity index (χ2v) is 5.37. The maximum Gasteiger partial charge on any atom is 0.305 e. The van der Waals surface area contributed by atoms with Gasteiger partial charge in [0.15, 0.2) is 0 Å². The van der Waals surface area contributed by atoms with E-state index in [2.05, 4.69) is 6.92 Å². The SMILES string of the molecule is CC1(COc2ccc(C(N)CC(=O)O)cc2)COC1. The highest BCUT2D eigenvalue weighted by Gasteiger charge is 2.34. The summed E-state index contributed by atoms with van der Waals surface area (Å²) < 4.78 is 10.9. The number of carboxylic acid groups (broad SMARTS) is 1. The number of rotatable bonds is 6. The van der Waals surface area contributed by atoms with E-state index in [-0.39, 0.29) is 11.8 Å². The first-order valence-corrected chi connectivity index (χ1v) is 6.26. The summed E-state index contributed by atoms with van der Waals surface area (Å²) in [5.41, 5.74) is 6.69. The molecular weight excluding hydrogens is 246 g/mol. The average Bonchev–Trinajstić information content (AvgIpc) is 2.34. The first kappa shape index (κ1) is 13.8. The highest BCUT2D eigenvalue weighted by Crippen LogP contribution is 2.28. The van der Waals surface area contributed by atoms with E-state index in [0.717, 1.165) is 24.5 Å². The first-order valence-electron chi connectivity index (χ1n) is 6.26. The van der Waals surface area contributed by atoms with Crippen LogP contribution in [0.25, 0.3) is 0 Å². The lowest BCUT2D eigenvalue weighted by Crippen LogP contribution is -2.44. The number of hydrogen-bond donors (Lipinski definition) is 2. The Labute approximate surface area is 112 Å². The minimum absolute atomic E-state index is 0.0738. The molecule has 0 radical (unpaired) electrons. The number of ether oxygens (including phenoxy) is 2. The van der Waals surface area contributed by atoms with Crippen LogP contribution in [0.5, 0.6) is 5.75 Å². The van der Waals surface area contributed by atoms with Gasteiger partial charge in [-0.1, -0.05) is 19.1 Å². The average molecular weight is 265 g/mol. The fraction of sp³-hybridized carbons (Fsp3) is 0.500. The third-order valence-electron chi connectivity index (χ3n) is 3.19. The summed E-state index contributed by atoms with van der Waals surface area (Å²) in [6.45, 7) is 4.20. The third-order valence-corrected chi connectivity index (χ3v) is 3.19. The van der Waals surface area contributed by atoms with E-state index in [1.165, 1.54) is 0 Å². The molecular formula is C14H19NO4. The van der Waals surface area contributed by atoms with Crippen LogP contribution in [-0.2, 0) is 9.53 Å². The molecule has 1 aliphatic heterocycles. The molecule has 1 fully saturated rings. The minimum Gasteiger partial charge on any atom is -0.493 e. The van der Waals surface area contributed by atoms with Crippen LogP contribution in [0.2, 0.25) is 0 Å². The highest BCUT2D eigenvalue weighted by atomic mass is 16.5. The van der Waals surface area contributed by atoms with Gasteiger partial charge in [0.25, 0.3) is 0 Å². The van der Waals surface area contributed by atoms with Crippen molar-refractivity contribution >= 4 is 5.97 Å². The zero-order chi connectivity index (χ0) is 13.9. The number of aliphatic carboxylic acids is 1. The molecule has 0 bridgehead atoms. The number of benzene rings is 1. The summed E-state index contributed by atoms with van der Waals surface area (Å²) in [5, 5.41) is 8.69. The van der Waals surface area contributed by atoms with Crippen molar-refractivity contribution in [3.05, 3.63) is 29.8 Å². The molecule has 0 aliphatic carbocycles. The largest absolute Gasteiger partial charge is 0.493 e. The molecule has 1 aromatic rings. The fourth-order valence-electron chi connectivity index (χ4n) is 1.91. The van der Waals surface area contributed by atoms with Gasteiger partial charge in [0.05, 0.1) is 26.2 Å². The van der Waals surface area contributed by atoms with E-state index in [1.54, 1.807) is 0 Å². The highest BCUT2D eigenvalue weighted by molar-refractivity contribution is 5.67. The Morgan fingerprint density at radius 1 is 1.47 bits per heavy atom. The molecule has 5 heteroatoms. The third kappa shape index (κ3) is 3.68. The van der Waals surface area contributed by atoms with Gasteiger partial charge in [0.2, 0.25) is 0 Å². The Morgan fingerprint density at radius 3 is 2.58 bits per heavy atom. The summed E-state index contributed by atoms with van der Waals surface area (Å²) in [6.07, 6.45) is -0.0738. The molecule has 1 heterocycles. The standard InChI is InChI=1S/C14H19NO4/c1-14(7-18-8-14)9-19-11-4-2-10(3-5-11)12(15)6-13(16)17/h2-5,12H,6-9,15H2,1H3,(H,16,17). The molecule has 104 valence electrons. The van der Waals surface area contributed by atoms with E-state index >= 15 is 0 Å². The molecule has 0 amide bonds. The summed E-state index contributed by atoms with van der Waals surface area (Å²) >= 11 is 0. The van der Waals surface area contributed by atoms with Crippen molar-refractivity contribution in [2.24, 2.45) is 11.1 Å². The lowest BCUT2D eigenvalue weighted by atomic mass is 9.90. The van der Waals surface area contributed by atoms with Gasteiger partial charge in [0, 0.05) is 11.5 Å². The molecule has 19 heavy (non-hydrogen) atoms. The van der Waals surface area contributed by atoms with E-state index in [9.17, 15) is 4.79 Å². The first-order chi connectivity index (χ1) is 8.98. The lowest BCUT2D eigenvalue weighted by Gasteiger charge is -2.37. The molecule has 5 nitrogen and oxygen atoms in total. The van der Waals surface area contributed by atoms with Crippen molar-refractivity contribution in [3.8, 4) is 5.75 Å². The van der Waals surface area contributed by atoms with Crippen molar-refractivity contribution in [2.75, 3.05) is 19.8 Å². The normalized spacial score (nSPS) is 18.4. The predicted molar refractivity (Wildman–Crippen MR) is 70.0 cm³/mol. The number of carbonyl (C=O) groups is 1. The quantitative estimate of drug-likeness (QED) is 0.816. The van der Waals surface area contributed by atoms with Crippen molar-refractivity contribution in [2.45, 2.75) is 19.4 Å². The van der Waals surface area contributed by atoms with Crippen LogP contribution in [0.3, 0.4) is 0 Å². The maximum atomic E-state index is 10.6. The van der Waals surface area contributed by atoms with Crippen LogP contribution in [0.1, 0.15) is 24.9 Å². The molecule has 2 rings (SSSR count). The van der Waals surface area contributed by atoms with Crippen LogP contribution in [0.4, 0.5) is 0 Å². The molecule has 1 saturated heterocycles. The van der Waals surface area contributed by atoms with Gasteiger partial charge in [-0.2, -0.15) is 0 Å². The Kier molecular flexibility index (Phi) is 4.07. The Balaban J connectivity index is 1.88. The monoisotopic (exact) mass is 265 g/mol. The fourth-order valence-corrected chi connectivity index (χ4v) is 1.91. The van der Waals surface area contributed by atoms with Gasteiger partial charge in [-0.05, 0) is 17.7 Å². The Morgan fingerprint density at radius 2 is 2.11 bits per heavy atom. The van der Waals surface area contributed by atoms with Crippen molar-refractivity contribution < 1.29 is 19.4 Å². The van der Waals surface area contributed by atoms with Crippen molar-refractivity contribution in [1.82, 2.24) is 0 Å². The second kappa shape index (κ2) is 5.59. The second-order valence-electron chi connectivity index (χ2n) is 5.37. The zero-order valence-electron chi connectivity index (χ0n) is 11.0. The van der Waals surface area contributed by atoms with Gasteiger partial charge in [-0.15, -0.1) is 0 Å². The number of nitrogens with two attached hydrogens (primary N) is 1. The van der Waals surface area contributed by atoms with Gasteiger partial charge in [-0.25, -0.2) is 0 Å². The van der Waals surface area contributed by atoms with Gasteiger partial charge >= 0.3 is 5.97 Å². The van der Waals surface area contributed by atoms with Crippen LogP contribution in [-0.4, -0.2) is 30.9 Å². The molecule has 0 saturated carbocycles. The summed E-state index contributed by atoms with van der Waals surface area (Å²) in [4.78, 5) is 10.6. The van der Waals surface area contributed by atoms with Gasteiger partial charge in [0.1, 0.15) is 5.75 Å². The minimum atomic E-state index is -0.897. The Hall–Kier alpha value is -1.59. The lowest BCUT2D eigenvalue weighted by molar-refractivity contribution is -0.137. The van der Waals surface area contributed by atoms with E-state index in [0.29, 0.717) is 6.61 Å². The molecule has 0 spiro atoms. The molecule has 1 atom stereocenters. The van der Waals surface area contributed by atoms with E-state index in [4.69, 9.17) is 20.3 Å². The van der Waals surface area contributed by atoms with Gasteiger partial charge in [-0.3, -0.25) is 4.79 Å². The van der Waals surface area contributed by atoms with Crippen molar-refractivity contribution in [1.29, 1.82) is 0 Å². The summed E-state index contributed by atoms with van der Waals surface area (Å²) in [6, 6.07) is 6.77. The summed E-state index contributed by atoms with van der Waals surface area (Å²) in [5.74, 6) is -0.134. The number of carboxylic acids is 1. The molecule has 1 unspecified atom stereocenters. The van der Waals surface area contributed by atoms with Gasteiger partial charge < -0.3 is 20.3 Å². The van der Waals surface area contributed by atoms with Crippen LogP contribution in [0.15, 0.2) is 24.3 Å². The Bertz CT molecular complexity index is 439. The van der Waals surface area contributed by atoms with E-state index in [1.807, 2.05) is 24.3 Å². The van der Waals surface area contributed by atoms with Crippen LogP contribution < -0.4 is 10.5 Å². The predicted octanol–water partition coefficient (Wildman–Crippen LogP) is 1.58. The summed E-state index contributed by atoms with van der Waals surface area (Å²) in [7, 11) is 0. The van der Waals surface area contributed by atoms with E-state index < -0.39 is 12.0 Å². The van der Waals surface area contributed by atoms with Crippen LogP contribution >= 0.6 is 0 Å². The maximum absolute atomic E-state index is 10.6. The zero-order valence-corrected chi connectivity index (χ0v) is 11.0. The smallest absolute Gasteiger partial charge is 0.305 e.